The third-order valence-corrected chi connectivity index (χ3v) is 5.56. The molecule has 4 heterocycles. The molecule has 1 aliphatic rings. The summed E-state index contributed by atoms with van der Waals surface area (Å²) in [6.07, 6.45) is 3.27. The van der Waals surface area contributed by atoms with Crippen molar-refractivity contribution in [2.45, 2.75) is 19.8 Å². The maximum absolute atomic E-state index is 12.9. The van der Waals surface area contributed by atoms with E-state index in [1.807, 2.05) is 61.5 Å². The summed E-state index contributed by atoms with van der Waals surface area (Å²) in [5, 5.41) is 7.34. The zero-order chi connectivity index (χ0) is 21.2. The topological polar surface area (TPSA) is 88.3 Å². The lowest BCUT2D eigenvalue weighted by atomic mass is 9.97. The highest BCUT2D eigenvalue weighted by atomic mass is 16.2. The molecule has 0 bridgehead atoms. The standard InChI is InChI=1S/C23H23N7O/c1-16-7-5-11-20(26-16)28-22(31)18-10-6-12-29(14-18)21-13-19(17-8-3-2-4-9-17)27-23-24-15-25-30(21)23/h2-5,7-9,11,13,15,18H,6,10,12,14H2,1H3,(H,26,28,31). The molecule has 1 atom stereocenters. The summed E-state index contributed by atoms with van der Waals surface area (Å²) >= 11 is 0. The zero-order valence-corrected chi connectivity index (χ0v) is 17.3. The Balaban J connectivity index is 1.42. The van der Waals surface area contributed by atoms with Crippen LogP contribution in [0.5, 0.6) is 0 Å². The van der Waals surface area contributed by atoms with E-state index >= 15 is 0 Å². The SMILES string of the molecule is Cc1cccc(NC(=O)C2CCCN(c3cc(-c4ccccc4)nc4ncnn34)C2)n1. The van der Waals surface area contributed by atoms with Gasteiger partial charge in [0.05, 0.1) is 11.6 Å². The molecule has 31 heavy (non-hydrogen) atoms. The van der Waals surface area contributed by atoms with Crippen molar-refractivity contribution in [3.05, 3.63) is 66.6 Å². The first-order chi connectivity index (χ1) is 15.2. The van der Waals surface area contributed by atoms with Crippen LogP contribution in [0.4, 0.5) is 11.6 Å². The number of amides is 1. The normalized spacial score (nSPS) is 16.4. The van der Waals surface area contributed by atoms with Crippen LogP contribution in [0, 0.1) is 12.8 Å². The van der Waals surface area contributed by atoms with Crippen LogP contribution in [-0.2, 0) is 4.79 Å². The van der Waals surface area contributed by atoms with Crippen LogP contribution in [-0.4, -0.2) is 43.6 Å². The lowest BCUT2D eigenvalue weighted by Gasteiger charge is -2.33. The van der Waals surface area contributed by atoms with Gasteiger partial charge < -0.3 is 10.2 Å². The van der Waals surface area contributed by atoms with E-state index in [1.54, 1.807) is 4.52 Å². The second-order valence-electron chi connectivity index (χ2n) is 7.78. The minimum absolute atomic E-state index is 0.00465. The number of aromatic nitrogens is 5. The Morgan fingerprint density at radius 1 is 1.10 bits per heavy atom. The number of hydrogen-bond acceptors (Lipinski definition) is 6. The first-order valence-electron chi connectivity index (χ1n) is 10.4. The number of carbonyl (C=O) groups excluding carboxylic acids is 1. The smallest absolute Gasteiger partial charge is 0.254 e. The summed E-state index contributed by atoms with van der Waals surface area (Å²) in [4.78, 5) is 28.5. The average Bonchev–Trinajstić information content (AvgIpc) is 3.28. The van der Waals surface area contributed by atoms with Crippen molar-refractivity contribution >= 4 is 23.3 Å². The van der Waals surface area contributed by atoms with Crippen LogP contribution in [0.2, 0.25) is 0 Å². The average molecular weight is 413 g/mol. The van der Waals surface area contributed by atoms with E-state index in [0.717, 1.165) is 42.2 Å². The van der Waals surface area contributed by atoms with E-state index < -0.39 is 0 Å². The molecule has 8 heteroatoms. The molecule has 1 amide bonds. The Bertz CT molecular complexity index is 1220. The molecule has 1 aliphatic heterocycles. The lowest BCUT2D eigenvalue weighted by molar-refractivity contribution is -0.120. The van der Waals surface area contributed by atoms with E-state index in [9.17, 15) is 4.79 Å². The number of nitrogens with one attached hydrogen (secondary N) is 1. The molecule has 4 aromatic rings. The second-order valence-corrected chi connectivity index (χ2v) is 7.78. The molecule has 3 aromatic heterocycles. The molecule has 1 saturated heterocycles. The van der Waals surface area contributed by atoms with Gasteiger partial charge in [-0.3, -0.25) is 4.79 Å². The predicted molar refractivity (Wildman–Crippen MR) is 119 cm³/mol. The third kappa shape index (κ3) is 3.96. The van der Waals surface area contributed by atoms with Crippen LogP contribution in [0.25, 0.3) is 17.0 Å². The van der Waals surface area contributed by atoms with Crippen LogP contribution in [0.15, 0.2) is 60.9 Å². The van der Waals surface area contributed by atoms with Gasteiger partial charge in [0.15, 0.2) is 0 Å². The van der Waals surface area contributed by atoms with Gasteiger partial charge in [-0.05, 0) is 31.9 Å². The Kier molecular flexibility index (Phi) is 5.03. The molecule has 0 aliphatic carbocycles. The predicted octanol–water partition coefficient (Wildman–Crippen LogP) is 3.35. The highest BCUT2D eigenvalue weighted by Crippen LogP contribution is 2.28. The second kappa shape index (κ2) is 8.14. The van der Waals surface area contributed by atoms with Gasteiger partial charge in [0.1, 0.15) is 18.0 Å². The van der Waals surface area contributed by atoms with Gasteiger partial charge in [-0.15, -0.1) is 0 Å². The number of rotatable bonds is 4. The Hall–Kier alpha value is -3.81. The number of piperidine rings is 1. The van der Waals surface area contributed by atoms with Gasteiger partial charge in [-0.2, -0.15) is 14.6 Å². The molecule has 156 valence electrons. The molecule has 0 radical (unpaired) electrons. The molecule has 1 unspecified atom stereocenters. The quantitative estimate of drug-likeness (QED) is 0.552. The summed E-state index contributed by atoms with van der Waals surface area (Å²) in [5.74, 6) is 1.90. The molecule has 5 rings (SSSR count). The van der Waals surface area contributed by atoms with Gasteiger partial charge in [0.25, 0.3) is 5.78 Å². The monoisotopic (exact) mass is 413 g/mol. The maximum Gasteiger partial charge on any atom is 0.254 e. The fourth-order valence-corrected chi connectivity index (χ4v) is 4.02. The molecular weight excluding hydrogens is 390 g/mol. The molecule has 1 fully saturated rings. The number of aryl methyl sites for hydroxylation is 1. The summed E-state index contributed by atoms with van der Waals surface area (Å²) < 4.78 is 1.74. The first-order valence-corrected chi connectivity index (χ1v) is 10.4. The highest BCUT2D eigenvalue weighted by molar-refractivity contribution is 5.92. The number of anilines is 2. The fourth-order valence-electron chi connectivity index (χ4n) is 4.02. The highest BCUT2D eigenvalue weighted by Gasteiger charge is 2.28. The number of fused-ring (bicyclic) bond motifs is 1. The lowest BCUT2D eigenvalue weighted by Crippen LogP contribution is -2.41. The molecule has 8 nitrogen and oxygen atoms in total. The molecule has 1 aromatic carbocycles. The zero-order valence-electron chi connectivity index (χ0n) is 17.3. The Labute approximate surface area is 180 Å². The van der Waals surface area contributed by atoms with E-state index in [0.29, 0.717) is 18.1 Å². The van der Waals surface area contributed by atoms with E-state index in [2.05, 4.69) is 30.3 Å². The number of benzene rings is 1. The Morgan fingerprint density at radius 3 is 2.81 bits per heavy atom. The van der Waals surface area contributed by atoms with Crippen molar-refractivity contribution < 1.29 is 4.79 Å². The summed E-state index contributed by atoms with van der Waals surface area (Å²) in [6.45, 7) is 3.36. The van der Waals surface area contributed by atoms with Crippen LogP contribution in [0.1, 0.15) is 18.5 Å². The third-order valence-electron chi connectivity index (χ3n) is 5.56. The van der Waals surface area contributed by atoms with E-state index in [1.165, 1.54) is 6.33 Å². The maximum atomic E-state index is 12.9. The molecule has 0 saturated carbocycles. The van der Waals surface area contributed by atoms with Gasteiger partial charge in [-0.1, -0.05) is 36.4 Å². The van der Waals surface area contributed by atoms with Gasteiger partial charge in [0.2, 0.25) is 5.91 Å². The van der Waals surface area contributed by atoms with Crippen molar-refractivity contribution in [3.8, 4) is 11.3 Å². The van der Waals surface area contributed by atoms with Crippen molar-refractivity contribution in [1.82, 2.24) is 24.6 Å². The summed E-state index contributed by atoms with van der Waals surface area (Å²) in [6, 6.07) is 17.7. The van der Waals surface area contributed by atoms with Crippen LogP contribution >= 0.6 is 0 Å². The van der Waals surface area contributed by atoms with Gasteiger partial charge >= 0.3 is 0 Å². The van der Waals surface area contributed by atoms with Crippen LogP contribution < -0.4 is 10.2 Å². The Morgan fingerprint density at radius 2 is 1.97 bits per heavy atom. The van der Waals surface area contributed by atoms with Crippen LogP contribution in [0.3, 0.4) is 0 Å². The van der Waals surface area contributed by atoms with E-state index in [4.69, 9.17) is 0 Å². The molecule has 1 N–H and O–H groups in total. The largest absolute Gasteiger partial charge is 0.356 e. The van der Waals surface area contributed by atoms with Crippen molar-refractivity contribution in [1.29, 1.82) is 0 Å². The molecule has 0 spiro atoms. The minimum Gasteiger partial charge on any atom is -0.356 e. The number of nitrogens with zero attached hydrogens (tertiary/aromatic N) is 6. The fraction of sp³-hybridized carbons (Fsp3) is 0.261. The summed E-state index contributed by atoms with van der Waals surface area (Å²) in [7, 11) is 0. The first kappa shape index (κ1) is 19.2. The molecular formula is C23H23N7O. The number of carbonyl (C=O) groups is 1. The van der Waals surface area contributed by atoms with Crippen molar-refractivity contribution in [2.75, 3.05) is 23.3 Å². The number of hydrogen-bond donors (Lipinski definition) is 1. The van der Waals surface area contributed by atoms with E-state index in [-0.39, 0.29) is 11.8 Å². The summed E-state index contributed by atoms with van der Waals surface area (Å²) in [5.41, 5.74) is 2.74. The minimum atomic E-state index is -0.136. The van der Waals surface area contributed by atoms with Gasteiger partial charge in [0, 0.05) is 30.4 Å². The van der Waals surface area contributed by atoms with Crippen molar-refractivity contribution in [3.63, 3.8) is 0 Å². The van der Waals surface area contributed by atoms with Crippen molar-refractivity contribution in [2.24, 2.45) is 5.92 Å². The number of pyridine rings is 1. The van der Waals surface area contributed by atoms with Gasteiger partial charge in [-0.25, -0.2) is 9.97 Å².